The lowest BCUT2D eigenvalue weighted by molar-refractivity contribution is 0.414. The van der Waals surface area contributed by atoms with E-state index in [9.17, 15) is 0 Å². The Bertz CT molecular complexity index is 554. The molecule has 2 aromatic rings. The van der Waals surface area contributed by atoms with Crippen molar-refractivity contribution in [3.05, 3.63) is 63.6 Å². The molecule has 0 aromatic heterocycles. The third-order valence-electron chi connectivity index (χ3n) is 2.94. The first-order valence-electron chi connectivity index (χ1n) is 5.77. The number of ether oxygens (including phenoxy) is 1. The number of halogens is 1. The Morgan fingerprint density at radius 3 is 2.56 bits per heavy atom. The van der Waals surface area contributed by atoms with E-state index >= 15 is 0 Å². The largest absolute Gasteiger partial charge is 0.497 e. The highest BCUT2D eigenvalue weighted by atomic mass is 79.9. The Balaban J connectivity index is 2.37. The van der Waals surface area contributed by atoms with E-state index in [1.54, 1.807) is 7.11 Å². The monoisotopic (exact) mass is 305 g/mol. The van der Waals surface area contributed by atoms with E-state index in [-0.39, 0.29) is 6.04 Å². The molecule has 0 aliphatic carbocycles. The predicted octanol–water partition coefficient (Wildman–Crippen LogP) is 3.81. The fourth-order valence-corrected chi connectivity index (χ4v) is 2.53. The van der Waals surface area contributed by atoms with Crippen LogP contribution in [0.1, 0.15) is 22.7 Å². The number of aryl methyl sites for hydroxylation is 1. The Kier molecular flexibility index (Phi) is 4.04. The fraction of sp³-hybridized carbons (Fsp3) is 0.200. The van der Waals surface area contributed by atoms with Gasteiger partial charge in [0.05, 0.1) is 13.2 Å². The van der Waals surface area contributed by atoms with Crippen LogP contribution >= 0.6 is 15.9 Å². The molecule has 0 saturated carbocycles. The SMILES string of the molecule is COc1ccc(C(N)c2cccc(C)c2)c(Br)c1. The quantitative estimate of drug-likeness (QED) is 0.936. The summed E-state index contributed by atoms with van der Waals surface area (Å²) in [6.45, 7) is 2.07. The molecule has 3 heteroatoms. The van der Waals surface area contributed by atoms with Gasteiger partial charge >= 0.3 is 0 Å². The molecule has 1 unspecified atom stereocenters. The first-order valence-corrected chi connectivity index (χ1v) is 6.56. The molecule has 2 N–H and O–H groups in total. The third kappa shape index (κ3) is 2.74. The van der Waals surface area contributed by atoms with Gasteiger partial charge in [-0.25, -0.2) is 0 Å². The molecule has 0 spiro atoms. The maximum absolute atomic E-state index is 6.31. The lowest BCUT2D eigenvalue weighted by atomic mass is 9.98. The van der Waals surface area contributed by atoms with E-state index < -0.39 is 0 Å². The molecule has 0 aliphatic rings. The zero-order valence-corrected chi connectivity index (χ0v) is 12.1. The summed E-state index contributed by atoms with van der Waals surface area (Å²) < 4.78 is 6.15. The summed E-state index contributed by atoms with van der Waals surface area (Å²) in [5.41, 5.74) is 9.69. The van der Waals surface area contributed by atoms with E-state index in [0.29, 0.717) is 0 Å². The Labute approximate surface area is 116 Å². The number of hydrogen-bond acceptors (Lipinski definition) is 2. The van der Waals surface area contributed by atoms with Gasteiger partial charge in [0.1, 0.15) is 5.75 Å². The second-order valence-electron chi connectivity index (χ2n) is 4.28. The normalized spacial score (nSPS) is 12.2. The average molecular weight is 306 g/mol. The number of rotatable bonds is 3. The molecule has 0 amide bonds. The number of nitrogens with two attached hydrogens (primary N) is 1. The van der Waals surface area contributed by atoms with Crippen LogP contribution < -0.4 is 10.5 Å². The Morgan fingerprint density at radius 2 is 1.94 bits per heavy atom. The fourth-order valence-electron chi connectivity index (χ4n) is 1.93. The maximum Gasteiger partial charge on any atom is 0.120 e. The highest BCUT2D eigenvalue weighted by Crippen LogP contribution is 2.30. The molecule has 1 atom stereocenters. The molecule has 0 fully saturated rings. The van der Waals surface area contributed by atoms with Crippen LogP contribution in [0.4, 0.5) is 0 Å². The number of methoxy groups -OCH3 is 1. The summed E-state index contributed by atoms with van der Waals surface area (Å²) >= 11 is 3.54. The second-order valence-corrected chi connectivity index (χ2v) is 5.13. The Morgan fingerprint density at radius 1 is 1.17 bits per heavy atom. The predicted molar refractivity (Wildman–Crippen MR) is 77.9 cm³/mol. The van der Waals surface area contributed by atoms with Crippen LogP contribution in [-0.4, -0.2) is 7.11 Å². The summed E-state index contributed by atoms with van der Waals surface area (Å²) in [4.78, 5) is 0. The van der Waals surface area contributed by atoms with Crippen molar-refractivity contribution in [1.82, 2.24) is 0 Å². The van der Waals surface area contributed by atoms with Crippen molar-refractivity contribution in [1.29, 1.82) is 0 Å². The lowest BCUT2D eigenvalue weighted by Gasteiger charge is -2.15. The topological polar surface area (TPSA) is 35.2 Å². The summed E-state index contributed by atoms with van der Waals surface area (Å²) in [6.07, 6.45) is 0. The molecular formula is C15H16BrNO. The van der Waals surface area contributed by atoms with E-state index in [4.69, 9.17) is 10.5 Å². The van der Waals surface area contributed by atoms with Gasteiger partial charge in [-0.15, -0.1) is 0 Å². The minimum absolute atomic E-state index is 0.134. The molecule has 0 aliphatic heterocycles. The van der Waals surface area contributed by atoms with Crippen molar-refractivity contribution in [2.75, 3.05) is 7.11 Å². The van der Waals surface area contributed by atoms with Gasteiger partial charge in [-0.2, -0.15) is 0 Å². The molecule has 2 nitrogen and oxygen atoms in total. The zero-order chi connectivity index (χ0) is 13.1. The standard InChI is InChI=1S/C15H16BrNO/c1-10-4-3-5-11(8-10)15(17)13-7-6-12(18-2)9-14(13)16/h3-9,15H,17H2,1-2H3. The van der Waals surface area contributed by atoms with Crippen molar-refractivity contribution in [3.8, 4) is 5.75 Å². The number of benzene rings is 2. The molecule has 0 heterocycles. The van der Waals surface area contributed by atoms with Crippen LogP contribution in [-0.2, 0) is 0 Å². The van der Waals surface area contributed by atoms with Crippen LogP contribution in [0, 0.1) is 6.92 Å². The molecule has 0 saturated heterocycles. The van der Waals surface area contributed by atoms with Crippen molar-refractivity contribution in [2.45, 2.75) is 13.0 Å². The van der Waals surface area contributed by atoms with E-state index in [1.807, 2.05) is 30.3 Å². The molecule has 18 heavy (non-hydrogen) atoms. The highest BCUT2D eigenvalue weighted by Gasteiger charge is 2.12. The minimum Gasteiger partial charge on any atom is -0.497 e. The van der Waals surface area contributed by atoms with Gasteiger partial charge < -0.3 is 10.5 Å². The summed E-state index contributed by atoms with van der Waals surface area (Å²) in [7, 11) is 1.65. The Hall–Kier alpha value is -1.32. The zero-order valence-electron chi connectivity index (χ0n) is 10.5. The van der Waals surface area contributed by atoms with E-state index in [2.05, 4.69) is 35.0 Å². The highest BCUT2D eigenvalue weighted by molar-refractivity contribution is 9.10. The van der Waals surface area contributed by atoms with Crippen LogP contribution in [0.2, 0.25) is 0 Å². The van der Waals surface area contributed by atoms with E-state index in [1.165, 1.54) is 5.56 Å². The van der Waals surface area contributed by atoms with Crippen molar-refractivity contribution < 1.29 is 4.74 Å². The van der Waals surface area contributed by atoms with Gasteiger partial charge in [0.2, 0.25) is 0 Å². The van der Waals surface area contributed by atoms with Gasteiger partial charge in [0, 0.05) is 4.47 Å². The molecule has 2 rings (SSSR count). The minimum atomic E-state index is -0.134. The van der Waals surface area contributed by atoms with Gasteiger partial charge in [-0.05, 0) is 30.2 Å². The second kappa shape index (κ2) is 5.55. The van der Waals surface area contributed by atoms with Gasteiger partial charge in [-0.3, -0.25) is 0 Å². The van der Waals surface area contributed by atoms with Crippen LogP contribution in [0.3, 0.4) is 0 Å². The maximum atomic E-state index is 6.31. The van der Waals surface area contributed by atoms with Crippen LogP contribution in [0.5, 0.6) is 5.75 Å². The summed E-state index contributed by atoms with van der Waals surface area (Å²) in [5, 5.41) is 0. The van der Waals surface area contributed by atoms with Gasteiger partial charge in [0.15, 0.2) is 0 Å². The molecular weight excluding hydrogens is 290 g/mol. The van der Waals surface area contributed by atoms with Crippen LogP contribution in [0.25, 0.3) is 0 Å². The van der Waals surface area contributed by atoms with E-state index in [0.717, 1.165) is 21.3 Å². The van der Waals surface area contributed by atoms with Crippen LogP contribution in [0.15, 0.2) is 46.9 Å². The van der Waals surface area contributed by atoms with Crippen molar-refractivity contribution in [3.63, 3.8) is 0 Å². The molecule has 2 aromatic carbocycles. The van der Waals surface area contributed by atoms with Gasteiger partial charge in [0.25, 0.3) is 0 Å². The average Bonchev–Trinajstić information content (AvgIpc) is 2.37. The number of hydrogen-bond donors (Lipinski definition) is 1. The van der Waals surface area contributed by atoms with Crippen molar-refractivity contribution in [2.24, 2.45) is 5.73 Å². The molecule has 0 radical (unpaired) electrons. The molecule has 94 valence electrons. The third-order valence-corrected chi connectivity index (χ3v) is 3.63. The first-order chi connectivity index (χ1) is 8.61. The lowest BCUT2D eigenvalue weighted by Crippen LogP contribution is -2.12. The summed E-state index contributed by atoms with van der Waals surface area (Å²) in [6, 6.07) is 14.0. The van der Waals surface area contributed by atoms with Gasteiger partial charge in [-0.1, -0.05) is 51.8 Å². The molecule has 0 bridgehead atoms. The smallest absolute Gasteiger partial charge is 0.120 e. The first kappa shape index (κ1) is 13.1. The van der Waals surface area contributed by atoms with Crippen molar-refractivity contribution >= 4 is 15.9 Å². The summed E-state index contributed by atoms with van der Waals surface area (Å²) in [5.74, 6) is 0.821.